The Hall–Kier alpha value is -3.07. The van der Waals surface area contributed by atoms with Crippen LogP contribution in [0.1, 0.15) is 33.5 Å². The second-order valence-electron chi connectivity index (χ2n) is 6.92. The summed E-state index contributed by atoms with van der Waals surface area (Å²) in [7, 11) is 0. The zero-order chi connectivity index (χ0) is 19.5. The molecule has 9 heteroatoms. The summed E-state index contributed by atoms with van der Waals surface area (Å²) >= 11 is 1.50. The second-order valence-corrected chi connectivity index (χ2v) is 8.06. The number of amides is 2. The minimum absolute atomic E-state index is 0.140. The maximum Gasteiger partial charge on any atom is 0.279 e. The molecule has 0 radical (unpaired) electrons. The Morgan fingerprint density at radius 3 is 2.89 bits per heavy atom. The van der Waals surface area contributed by atoms with E-state index in [1.807, 2.05) is 36.4 Å². The fourth-order valence-electron chi connectivity index (χ4n) is 3.19. The number of aryl methyl sites for hydroxylation is 1. The van der Waals surface area contributed by atoms with Crippen molar-refractivity contribution in [1.29, 1.82) is 0 Å². The van der Waals surface area contributed by atoms with Gasteiger partial charge in [0.1, 0.15) is 6.54 Å². The standard InChI is InChI=1S/C19H20N6O2S/c1-12-7-8-15-14(9-12)10-16(28-15)19(27)22-20-17(26)11-25-23-18(21-24-25)13-5-3-2-4-6-13/h2-6,10,12H,7-9,11H2,1H3,(H,20,26)(H,22,27)/t12-/m0/s1. The molecule has 1 aromatic carbocycles. The molecule has 3 aromatic rings. The van der Waals surface area contributed by atoms with E-state index in [4.69, 9.17) is 0 Å². The summed E-state index contributed by atoms with van der Waals surface area (Å²) < 4.78 is 0. The first-order valence-corrected chi connectivity index (χ1v) is 9.94. The van der Waals surface area contributed by atoms with Gasteiger partial charge in [0.25, 0.3) is 11.8 Å². The van der Waals surface area contributed by atoms with E-state index < -0.39 is 5.91 Å². The molecule has 2 aromatic heterocycles. The van der Waals surface area contributed by atoms with E-state index in [9.17, 15) is 9.59 Å². The topological polar surface area (TPSA) is 102 Å². The number of rotatable bonds is 4. The van der Waals surface area contributed by atoms with Crippen LogP contribution in [0.15, 0.2) is 36.4 Å². The number of carbonyl (C=O) groups is 2. The van der Waals surface area contributed by atoms with Crippen LogP contribution < -0.4 is 10.9 Å². The number of aromatic nitrogens is 4. The van der Waals surface area contributed by atoms with Crippen molar-refractivity contribution in [3.8, 4) is 11.4 Å². The Balaban J connectivity index is 1.31. The molecule has 0 unspecified atom stereocenters. The molecule has 0 bridgehead atoms. The quantitative estimate of drug-likeness (QED) is 0.657. The molecule has 1 aliphatic carbocycles. The molecule has 144 valence electrons. The molecule has 0 fully saturated rings. The van der Waals surface area contributed by atoms with Gasteiger partial charge in [0.15, 0.2) is 0 Å². The molecular formula is C19H20N6O2S. The van der Waals surface area contributed by atoms with Crippen molar-refractivity contribution >= 4 is 23.2 Å². The van der Waals surface area contributed by atoms with E-state index in [0.717, 1.165) is 24.8 Å². The Morgan fingerprint density at radius 1 is 1.25 bits per heavy atom. The molecule has 0 aliphatic heterocycles. The lowest BCUT2D eigenvalue weighted by Crippen LogP contribution is -2.43. The summed E-state index contributed by atoms with van der Waals surface area (Å²) in [5, 5.41) is 12.0. The van der Waals surface area contributed by atoms with Gasteiger partial charge in [-0.15, -0.1) is 21.5 Å². The highest BCUT2D eigenvalue weighted by atomic mass is 32.1. The Kier molecular flexibility index (Phi) is 5.16. The predicted octanol–water partition coefficient (Wildman–Crippen LogP) is 1.99. The molecule has 2 N–H and O–H groups in total. The third-order valence-corrected chi connectivity index (χ3v) is 5.87. The van der Waals surface area contributed by atoms with E-state index in [2.05, 4.69) is 33.2 Å². The first kappa shape index (κ1) is 18.3. The summed E-state index contributed by atoms with van der Waals surface area (Å²) in [6.07, 6.45) is 3.18. The number of thiophene rings is 1. The molecule has 28 heavy (non-hydrogen) atoms. The number of fused-ring (bicyclic) bond motifs is 1. The molecule has 1 atom stereocenters. The van der Waals surface area contributed by atoms with E-state index in [-0.39, 0.29) is 12.5 Å². The minimum Gasteiger partial charge on any atom is -0.271 e. The van der Waals surface area contributed by atoms with Gasteiger partial charge < -0.3 is 0 Å². The summed E-state index contributed by atoms with van der Waals surface area (Å²) in [5.41, 5.74) is 6.94. The van der Waals surface area contributed by atoms with Crippen LogP contribution in [-0.4, -0.2) is 32.0 Å². The smallest absolute Gasteiger partial charge is 0.271 e. The summed E-state index contributed by atoms with van der Waals surface area (Å²) in [6, 6.07) is 11.3. The van der Waals surface area contributed by atoms with Crippen LogP contribution in [0.5, 0.6) is 0 Å². The van der Waals surface area contributed by atoms with E-state index in [0.29, 0.717) is 16.6 Å². The van der Waals surface area contributed by atoms with Gasteiger partial charge in [-0.25, -0.2) is 0 Å². The zero-order valence-corrected chi connectivity index (χ0v) is 16.2. The largest absolute Gasteiger partial charge is 0.279 e. The van der Waals surface area contributed by atoms with E-state index in [1.54, 1.807) is 0 Å². The SMILES string of the molecule is C[C@H]1CCc2sc(C(=O)NNC(=O)Cn3nnc(-c4ccccc4)n3)cc2C1. The fraction of sp³-hybridized carbons (Fsp3) is 0.316. The predicted molar refractivity (Wildman–Crippen MR) is 104 cm³/mol. The van der Waals surface area contributed by atoms with Crippen molar-refractivity contribution in [3.05, 3.63) is 51.7 Å². The van der Waals surface area contributed by atoms with Crippen LogP contribution in [0.4, 0.5) is 0 Å². The zero-order valence-electron chi connectivity index (χ0n) is 15.4. The second kappa shape index (κ2) is 7.89. The van der Waals surface area contributed by atoms with Gasteiger partial charge in [0, 0.05) is 10.4 Å². The number of nitrogens with zero attached hydrogens (tertiary/aromatic N) is 4. The highest BCUT2D eigenvalue weighted by molar-refractivity contribution is 7.14. The van der Waals surface area contributed by atoms with Gasteiger partial charge in [-0.1, -0.05) is 37.3 Å². The maximum atomic E-state index is 12.3. The van der Waals surface area contributed by atoms with Crippen LogP contribution in [0.3, 0.4) is 0 Å². The number of tetrazole rings is 1. The number of hydrogen-bond donors (Lipinski definition) is 2. The van der Waals surface area contributed by atoms with Crippen molar-refractivity contribution < 1.29 is 9.59 Å². The van der Waals surface area contributed by atoms with Crippen molar-refractivity contribution in [3.63, 3.8) is 0 Å². The normalized spacial score (nSPS) is 15.7. The molecule has 8 nitrogen and oxygen atoms in total. The van der Waals surface area contributed by atoms with Crippen LogP contribution in [0, 0.1) is 5.92 Å². The average Bonchev–Trinajstić information content (AvgIpc) is 3.33. The van der Waals surface area contributed by atoms with Crippen molar-refractivity contribution in [1.82, 2.24) is 31.1 Å². The van der Waals surface area contributed by atoms with Gasteiger partial charge in [-0.05, 0) is 42.0 Å². The number of carbonyl (C=O) groups excluding carboxylic acids is 2. The molecule has 2 heterocycles. The lowest BCUT2D eigenvalue weighted by molar-refractivity contribution is -0.122. The lowest BCUT2D eigenvalue weighted by atomic mass is 9.90. The monoisotopic (exact) mass is 396 g/mol. The maximum absolute atomic E-state index is 12.3. The Bertz CT molecular complexity index is 997. The number of hydrogen-bond acceptors (Lipinski definition) is 6. The highest BCUT2D eigenvalue weighted by Gasteiger charge is 2.21. The summed E-state index contributed by atoms with van der Waals surface area (Å²) in [4.78, 5) is 27.5. The van der Waals surface area contributed by atoms with Gasteiger partial charge in [0.2, 0.25) is 5.82 Å². The highest BCUT2D eigenvalue weighted by Crippen LogP contribution is 2.32. The molecule has 2 amide bonds. The van der Waals surface area contributed by atoms with Crippen molar-refractivity contribution in [2.75, 3.05) is 0 Å². The summed E-state index contributed by atoms with van der Waals surface area (Å²) in [5.74, 6) is 0.349. The Morgan fingerprint density at radius 2 is 2.07 bits per heavy atom. The first-order chi connectivity index (χ1) is 13.6. The van der Waals surface area contributed by atoms with Crippen LogP contribution in [0.25, 0.3) is 11.4 Å². The fourth-order valence-corrected chi connectivity index (χ4v) is 4.29. The molecular weight excluding hydrogens is 376 g/mol. The van der Waals surface area contributed by atoms with Gasteiger partial charge in [-0.3, -0.25) is 20.4 Å². The number of hydrazine groups is 1. The van der Waals surface area contributed by atoms with Crippen molar-refractivity contribution in [2.45, 2.75) is 32.7 Å². The molecule has 0 saturated carbocycles. The third-order valence-electron chi connectivity index (χ3n) is 4.64. The van der Waals surface area contributed by atoms with Crippen LogP contribution in [0.2, 0.25) is 0 Å². The minimum atomic E-state index is -0.430. The first-order valence-electron chi connectivity index (χ1n) is 9.12. The van der Waals surface area contributed by atoms with Crippen molar-refractivity contribution in [2.24, 2.45) is 5.92 Å². The van der Waals surface area contributed by atoms with Crippen LogP contribution in [-0.2, 0) is 24.2 Å². The van der Waals surface area contributed by atoms with E-state index >= 15 is 0 Å². The van der Waals surface area contributed by atoms with E-state index in [1.165, 1.54) is 26.6 Å². The molecule has 0 saturated heterocycles. The summed E-state index contributed by atoms with van der Waals surface area (Å²) in [6.45, 7) is 2.08. The Labute approximate surface area is 165 Å². The van der Waals surface area contributed by atoms with Gasteiger partial charge in [-0.2, -0.15) is 4.80 Å². The van der Waals surface area contributed by atoms with Gasteiger partial charge in [0.05, 0.1) is 4.88 Å². The molecule has 0 spiro atoms. The third kappa shape index (κ3) is 4.09. The molecule has 1 aliphatic rings. The molecule has 4 rings (SSSR count). The number of nitrogens with one attached hydrogen (secondary N) is 2. The van der Waals surface area contributed by atoms with Gasteiger partial charge >= 0.3 is 0 Å². The van der Waals surface area contributed by atoms with Crippen LogP contribution >= 0.6 is 11.3 Å². The lowest BCUT2D eigenvalue weighted by Gasteiger charge is -2.16. The number of benzene rings is 1. The average molecular weight is 396 g/mol.